The lowest BCUT2D eigenvalue weighted by molar-refractivity contribution is -0.149. The SMILES string of the molecule is O=C(CC(O)C(=O)O)C1C=CC=C1. The van der Waals surface area contributed by atoms with Gasteiger partial charge in [0.2, 0.25) is 0 Å². The first-order valence-corrected chi connectivity index (χ1v) is 3.90. The number of carbonyl (C=O) groups is 2. The Morgan fingerprint density at radius 3 is 2.31 bits per heavy atom. The van der Waals surface area contributed by atoms with Crippen molar-refractivity contribution in [3.63, 3.8) is 0 Å². The second kappa shape index (κ2) is 4.00. The van der Waals surface area contributed by atoms with E-state index in [-0.39, 0.29) is 18.1 Å². The Bertz CT molecular complexity index is 265. The van der Waals surface area contributed by atoms with Crippen LogP contribution in [0.4, 0.5) is 0 Å². The molecule has 4 nitrogen and oxygen atoms in total. The van der Waals surface area contributed by atoms with Crippen LogP contribution in [-0.4, -0.2) is 28.1 Å². The number of Topliss-reactive ketones (excluding diaryl/α,β-unsaturated/α-hetero) is 1. The summed E-state index contributed by atoms with van der Waals surface area (Å²) in [6.07, 6.45) is 4.84. The zero-order valence-electron chi connectivity index (χ0n) is 6.88. The highest BCUT2D eigenvalue weighted by molar-refractivity contribution is 5.89. The number of hydrogen-bond acceptors (Lipinski definition) is 3. The van der Waals surface area contributed by atoms with Gasteiger partial charge in [-0.25, -0.2) is 4.79 Å². The predicted octanol–water partition coefficient (Wildman–Crippen LogP) is 0.133. The molecule has 1 atom stereocenters. The number of hydrogen-bond donors (Lipinski definition) is 2. The van der Waals surface area contributed by atoms with Crippen molar-refractivity contribution in [2.24, 2.45) is 5.92 Å². The second-order valence-corrected chi connectivity index (χ2v) is 2.82. The molecule has 1 aliphatic carbocycles. The highest BCUT2D eigenvalue weighted by Gasteiger charge is 2.22. The van der Waals surface area contributed by atoms with Crippen molar-refractivity contribution in [1.82, 2.24) is 0 Å². The predicted molar refractivity (Wildman–Crippen MR) is 45.0 cm³/mol. The summed E-state index contributed by atoms with van der Waals surface area (Å²) >= 11 is 0. The third kappa shape index (κ3) is 2.52. The maximum atomic E-state index is 11.2. The molecule has 0 amide bonds. The highest BCUT2D eigenvalue weighted by atomic mass is 16.4. The summed E-state index contributed by atoms with van der Waals surface area (Å²) in [6, 6.07) is 0. The summed E-state index contributed by atoms with van der Waals surface area (Å²) < 4.78 is 0. The van der Waals surface area contributed by atoms with Crippen molar-refractivity contribution in [2.45, 2.75) is 12.5 Å². The number of rotatable bonds is 4. The highest BCUT2D eigenvalue weighted by Crippen LogP contribution is 2.13. The number of carboxylic acid groups (broad SMARTS) is 1. The fraction of sp³-hybridized carbons (Fsp3) is 0.333. The first-order chi connectivity index (χ1) is 6.11. The van der Waals surface area contributed by atoms with Gasteiger partial charge in [0.25, 0.3) is 0 Å². The van der Waals surface area contributed by atoms with E-state index in [0.717, 1.165) is 0 Å². The summed E-state index contributed by atoms with van der Waals surface area (Å²) in [4.78, 5) is 21.4. The fourth-order valence-corrected chi connectivity index (χ4v) is 1.06. The van der Waals surface area contributed by atoms with Crippen LogP contribution in [0.3, 0.4) is 0 Å². The van der Waals surface area contributed by atoms with Crippen LogP contribution in [0.15, 0.2) is 24.3 Å². The Kier molecular flexibility index (Phi) is 2.97. The van der Waals surface area contributed by atoms with Crippen LogP contribution in [0.2, 0.25) is 0 Å². The lowest BCUT2D eigenvalue weighted by Crippen LogP contribution is -2.25. The van der Waals surface area contributed by atoms with Crippen LogP contribution in [-0.2, 0) is 9.59 Å². The quantitative estimate of drug-likeness (QED) is 0.648. The van der Waals surface area contributed by atoms with E-state index < -0.39 is 12.1 Å². The van der Waals surface area contributed by atoms with Crippen LogP contribution in [0, 0.1) is 5.92 Å². The maximum absolute atomic E-state index is 11.2. The zero-order valence-corrected chi connectivity index (χ0v) is 6.88. The summed E-state index contributed by atoms with van der Waals surface area (Å²) in [5.74, 6) is -2.01. The normalized spacial score (nSPS) is 17.6. The molecular formula is C9H10O4. The largest absolute Gasteiger partial charge is 0.479 e. The van der Waals surface area contributed by atoms with Gasteiger partial charge < -0.3 is 10.2 Å². The van der Waals surface area contributed by atoms with Gasteiger partial charge >= 0.3 is 5.97 Å². The molecule has 1 unspecified atom stereocenters. The molecule has 0 aromatic carbocycles. The molecule has 0 fully saturated rings. The fourth-order valence-electron chi connectivity index (χ4n) is 1.06. The number of carboxylic acids is 1. The first kappa shape index (κ1) is 9.67. The second-order valence-electron chi connectivity index (χ2n) is 2.82. The van der Waals surface area contributed by atoms with E-state index in [9.17, 15) is 9.59 Å². The average molecular weight is 182 g/mol. The zero-order chi connectivity index (χ0) is 9.84. The van der Waals surface area contributed by atoms with E-state index in [1.54, 1.807) is 24.3 Å². The van der Waals surface area contributed by atoms with Gasteiger partial charge in [-0.3, -0.25) is 4.79 Å². The Hall–Kier alpha value is -1.42. The molecule has 1 aliphatic rings. The number of ketones is 1. The molecular weight excluding hydrogens is 172 g/mol. The van der Waals surface area contributed by atoms with E-state index in [0.29, 0.717) is 0 Å². The molecule has 0 spiro atoms. The van der Waals surface area contributed by atoms with Crippen LogP contribution in [0.1, 0.15) is 6.42 Å². The minimum atomic E-state index is -1.59. The third-order valence-electron chi connectivity index (χ3n) is 1.80. The molecule has 0 radical (unpaired) electrons. The van der Waals surface area contributed by atoms with Gasteiger partial charge in [0.1, 0.15) is 5.78 Å². The van der Waals surface area contributed by atoms with Gasteiger partial charge in [0.05, 0.1) is 5.92 Å². The van der Waals surface area contributed by atoms with Crippen LogP contribution < -0.4 is 0 Å². The molecule has 2 N–H and O–H groups in total. The lowest BCUT2D eigenvalue weighted by Gasteiger charge is -2.06. The van der Waals surface area contributed by atoms with Crippen LogP contribution in [0.5, 0.6) is 0 Å². The van der Waals surface area contributed by atoms with Gasteiger partial charge in [-0.1, -0.05) is 24.3 Å². The summed E-state index contributed by atoms with van der Waals surface area (Å²) in [5.41, 5.74) is 0. The van der Waals surface area contributed by atoms with Crippen molar-refractivity contribution in [1.29, 1.82) is 0 Å². The Morgan fingerprint density at radius 2 is 1.85 bits per heavy atom. The molecule has 0 aromatic heterocycles. The molecule has 0 aliphatic heterocycles. The van der Waals surface area contributed by atoms with Gasteiger partial charge in [0.15, 0.2) is 6.10 Å². The molecule has 70 valence electrons. The molecule has 1 rings (SSSR count). The van der Waals surface area contributed by atoms with E-state index in [1.807, 2.05) is 0 Å². The maximum Gasteiger partial charge on any atom is 0.332 e. The number of carbonyl (C=O) groups excluding carboxylic acids is 1. The minimum absolute atomic E-state index is 0.278. The average Bonchev–Trinajstić information content (AvgIpc) is 2.55. The standard InChI is InChI=1S/C9H10O4/c10-7(5-8(11)9(12)13)6-3-1-2-4-6/h1-4,6,8,11H,5H2,(H,12,13). The van der Waals surface area contributed by atoms with E-state index in [2.05, 4.69) is 0 Å². The number of aliphatic hydroxyl groups is 1. The molecule has 4 heteroatoms. The molecule has 0 saturated carbocycles. The molecule has 0 bridgehead atoms. The Balaban J connectivity index is 2.45. The lowest BCUT2D eigenvalue weighted by atomic mass is 10.0. The molecule has 0 heterocycles. The van der Waals surface area contributed by atoms with Gasteiger partial charge in [-0.2, -0.15) is 0 Å². The van der Waals surface area contributed by atoms with E-state index >= 15 is 0 Å². The number of aliphatic carboxylic acids is 1. The van der Waals surface area contributed by atoms with Gasteiger partial charge in [-0.15, -0.1) is 0 Å². The van der Waals surface area contributed by atoms with Crippen molar-refractivity contribution in [3.05, 3.63) is 24.3 Å². The number of allylic oxidation sites excluding steroid dienone is 4. The smallest absolute Gasteiger partial charge is 0.332 e. The monoisotopic (exact) mass is 182 g/mol. The van der Waals surface area contributed by atoms with Crippen LogP contribution in [0.25, 0.3) is 0 Å². The Labute approximate surface area is 75.2 Å². The number of aliphatic hydroxyl groups excluding tert-OH is 1. The molecule has 0 saturated heterocycles. The van der Waals surface area contributed by atoms with E-state index in [1.165, 1.54) is 0 Å². The first-order valence-electron chi connectivity index (χ1n) is 3.90. The van der Waals surface area contributed by atoms with Crippen molar-refractivity contribution < 1.29 is 19.8 Å². The Morgan fingerprint density at radius 1 is 1.31 bits per heavy atom. The molecule has 0 aromatic rings. The van der Waals surface area contributed by atoms with Crippen molar-refractivity contribution >= 4 is 11.8 Å². The van der Waals surface area contributed by atoms with Gasteiger partial charge in [-0.05, 0) is 0 Å². The van der Waals surface area contributed by atoms with Gasteiger partial charge in [0, 0.05) is 6.42 Å². The van der Waals surface area contributed by atoms with Crippen molar-refractivity contribution in [2.75, 3.05) is 0 Å². The third-order valence-corrected chi connectivity index (χ3v) is 1.80. The topological polar surface area (TPSA) is 74.6 Å². The van der Waals surface area contributed by atoms with Crippen LogP contribution >= 0.6 is 0 Å². The molecule has 13 heavy (non-hydrogen) atoms. The summed E-state index contributed by atoms with van der Waals surface area (Å²) in [7, 11) is 0. The minimum Gasteiger partial charge on any atom is -0.479 e. The summed E-state index contributed by atoms with van der Waals surface area (Å²) in [5, 5.41) is 17.2. The summed E-state index contributed by atoms with van der Waals surface area (Å²) in [6.45, 7) is 0. The van der Waals surface area contributed by atoms with Crippen molar-refractivity contribution in [3.8, 4) is 0 Å². The van der Waals surface area contributed by atoms with E-state index in [4.69, 9.17) is 10.2 Å².